The van der Waals surface area contributed by atoms with E-state index in [9.17, 15) is 15.0 Å². The third-order valence-corrected chi connectivity index (χ3v) is 5.93. The first-order chi connectivity index (χ1) is 15.7. The van der Waals surface area contributed by atoms with Gasteiger partial charge in [0.1, 0.15) is 0 Å². The zero-order valence-corrected chi connectivity index (χ0v) is 21.2. The number of nitrogens with one attached hydrogen (secondary N) is 1. The van der Waals surface area contributed by atoms with Crippen LogP contribution in [-0.2, 0) is 4.79 Å². The second kappa shape index (κ2) is 24.5. The third kappa shape index (κ3) is 20.8. The summed E-state index contributed by atoms with van der Waals surface area (Å²) in [4.78, 5) is 12.1. The lowest BCUT2D eigenvalue weighted by molar-refractivity contribution is -0.123. The quantitative estimate of drug-likeness (QED) is 0.116. The standard InChI is InChI=1S/C28H53NO3/c1-3-5-7-9-11-13-14-15-16-18-20-22-24-28(32)29-26(25-30)27(31)23-21-19-17-12-10-8-6-4-2/h11,13,21,23,26-27,30-31H,3-10,12,14-20,22,24-25H2,1-2H3,(H,29,32)/b13-11-,23-21+. The van der Waals surface area contributed by atoms with Crippen LogP contribution in [0.3, 0.4) is 0 Å². The maximum atomic E-state index is 12.1. The highest BCUT2D eigenvalue weighted by Crippen LogP contribution is 2.10. The summed E-state index contributed by atoms with van der Waals surface area (Å²) in [6.07, 6.45) is 28.1. The van der Waals surface area contributed by atoms with Gasteiger partial charge in [-0.2, -0.15) is 0 Å². The number of carbonyl (C=O) groups excluding carboxylic acids is 1. The number of aliphatic hydroxyl groups excluding tert-OH is 2. The van der Waals surface area contributed by atoms with Crippen molar-refractivity contribution in [3.8, 4) is 0 Å². The highest BCUT2D eigenvalue weighted by atomic mass is 16.3. The van der Waals surface area contributed by atoms with Gasteiger partial charge in [0.15, 0.2) is 0 Å². The fraction of sp³-hybridized carbons (Fsp3) is 0.821. The minimum atomic E-state index is -0.834. The number of unbranched alkanes of at least 4 members (excludes halogenated alkanes) is 14. The summed E-state index contributed by atoms with van der Waals surface area (Å²) >= 11 is 0. The van der Waals surface area contributed by atoms with Crippen LogP contribution >= 0.6 is 0 Å². The van der Waals surface area contributed by atoms with Crippen molar-refractivity contribution >= 4 is 5.91 Å². The Bertz CT molecular complexity index is 462. The van der Waals surface area contributed by atoms with Crippen molar-refractivity contribution in [2.75, 3.05) is 6.61 Å². The fourth-order valence-corrected chi connectivity index (χ4v) is 3.76. The molecule has 0 aromatic rings. The second-order valence-electron chi connectivity index (χ2n) is 9.11. The van der Waals surface area contributed by atoms with Crippen molar-refractivity contribution in [3.05, 3.63) is 24.3 Å². The first-order valence-corrected chi connectivity index (χ1v) is 13.6. The van der Waals surface area contributed by atoms with Gasteiger partial charge in [-0.15, -0.1) is 0 Å². The number of hydrogen-bond acceptors (Lipinski definition) is 3. The molecule has 0 saturated carbocycles. The summed E-state index contributed by atoms with van der Waals surface area (Å²) in [6.45, 7) is 4.20. The van der Waals surface area contributed by atoms with E-state index < -0.39 is 12.1 Å². The van der Waals surface area contributed by atoms with Crippen molar-refractivity contribution in [1.82, 2.24) is 5.32 Å². The zero-order valence-electron chi connectivity index (χ0n) is 21.2. The van der Waals surface area contributed by atoms with Crippen LogP contribution in [0.25, 0.3) is 0 Å². The summed E-state index contributed by atoms with van der Waals surface area (Å²) in [5, 5.41) is 22.5. The lowest BCUT2D eigenvalue weighted by atomic mass is 10.1. The van der Waals surface area contributed by atoms with Crippen LogP contribution in [0.4, 0.5) is 0 Å². The lowest BCUT2D eigenvalue weighted by Gasteiger charge is -2.20. The average molecular weight is 452 g/mol. The highest BCUT2D eigenvalue weighted by molar-refractivity contribution is 5.76. The van der Waals surface area contributed by atoms with Crippen LogP contribution in [0, 0.1) is 0 Å². The summed E-state index contributed by atoms with van der Waals surface area (Å²) in [7, 11) is 0. The van der Waals surface area contributed by atoms with E-state index in [0.29, 0.717) is 6.42 Å². The smallest absolute Gasteiger partial charge is 0.220 e. The van der Waals surface area contributed by atoms with Gasteiger partial charge < -0.3 is 15.5 Å². The van der Waals surface area contributed by atoms with Gasteiger partial charge in [-0.3, -0.25) is 4.79 Å². The van der Waals surface area contributed by atoms with Crippen LogP contribution in [0.5, 0.6) is 0 Å². The molecule has 2 atom stereocenters. The lowest BCUT2D eigenvalue weighted by Crippen LogP contribution is -2.45. The Labute approximate surface area is 199 Å². The maximum absolute atomic E-state index is 12.1. The normalized spacial score (nSPS) is 13.8. The molecule has 0 bridgehead atoms. The summed E-state index contributed by atoms with van der Waals surface area (Å²) in [6, 6.07) is -0.618. The van der Waals surface area contributed by atoms with Gasteiger partial charge in [0.2, 0.25) is 5.91 Å². The van der Waals surface area contributed by atoms with Gasteiger partial charge >= 0.3 is 0 Å². The molecule has 4 nitrogen and oxygen atoms in total. The Morgan fingerprint density at radius 2 is 1.19 bits per heavy atom. The number of hydrogen-bond donors (Lipinski definition) is 3. The van der Waals surface area contributed by atoms with Gasteiger partial charge in [0.25, 0.3) is 0 Å². The Hall–Kier alpha value is -1.13. The average Bonchev–Trinajstić information content (AvgIpc) is 2.79. The predicted molar refractivity (Wildman–Crippen MR) is 138 cm³/mol. The number of allylic oxidation sites excluding steroid dienone is 3. The first-order valence-electron chi connectivity index (χ1n) is 13.6. The summed E-state index contributed by atoms with van der Waals surface area (Å²) in [5.41, 5.74) is 0. The minimum absolute atomic E-state index is 0.0811. The Morgan fingerprint density at radius 1 is 0.719 bits per heavy atom. The second-order valence-corrected chi connectivity index (χ2v) is 9.11. The molecule has 0 fully saturated rings. The molecule has 3 N–H and O–H groups in total. The Morgan fingerprint density at radius 3 is 1.78 bits per heavy atom. The maximum Gasteiger partial charge on any atom is 0.220 e. The molecule has 0 aromatic heterocycles. The molecule has 0 heterocycles. The molecule has 0 saturated heterocycles. The largest absolute Gasteiger partial charge is 0.394 e. The van der Waals surface area contributed by atoms with Crippen LogP contribution in [0.15, 0.2) is 24.3 Å². The molecule has 0 aliphatic heterocycles. The van der Waals surface area contributed by atoms with Crippen molar-refractivity contribution in [2.45, 2.75) is 142 Å². The molecule has 2 unspecified atom stereocenters. The molecule has 0 aliphatic rings. The van der Waals surface area contributed by atoms with E-state index in [0.717, 1.165) is 38.5 Å². The summed E-state index contributed by atoms with van der Waals surface area (Å²) in [5.74, 6) is -0.0811. The number of rotatable bonds is 23. The first kappa shape index (κ1) is 30.9. The molecule has 0 rings (SSSR count). The predicted octanol–water partition coefficient (Wildman–Crippen LogP) is 7.00. The van der Waals surface area contributed by atoms with Crippen LogP contribution < -0.4 is 5.32 Å². The Kier molecular flexibility index (Phi) is 23.6. The van der Waals surface area contributed by atoms with E-state index in [1.54, 1.807) is 6.08 Å². The van der Waals surface area contributed by atoms with Crippen LogP contribution in [0.1, 0.15) is 129 Å². The van der Waals surface area contributed by atoms with Crippen LogP contribution in [0.2, 0.25) is 0 Å². The number of carbonyl (C=O) groups is 1. The topological polar surface area (TPSA) is 69.6 Å². The molecular weight excluding hydrogens is 398 g/mol. The molecule has 4 heteroatoms. The van der Waals surface area contributed by atoms with Crippen LogP contribution in [-0.4, -0.2) is 34.9 Å². The Balaban J connectivity index is 3.74. The van der Waals surface area contributed by atoms with E-state index in [2.05, 4.69) is 31.3 Å². The zero-order chi connectivity index (χ0) is 23.7. The number of aliphatic hydroxyl groups is 2. The molecule has 32 heavy (non-hydrogen) atoms. The van der Waals surface area contributed by atoms with Crippen molar-refractivity contribution in [3.63, 3.8) is 0 Å². The van der Waals surface area contributed by atoms with E-state index >= 15 is 0 Å². The minimum Gasteiger partial charge on any atom is -0.394 e. The monoisotopic (exact) mass is 451 g/mol. The molecule has 0 radical (unpaired) electrons. The van der Waals surface area contributed by atoms with Gasteiger partial charge in [-0.05, 0) is 44.9 Å². The molecule has 0 spiro atoms. The van der Waals surface area contributed by atoms with E-state index in [4.69, 9.17) is 0 Å². The van der Waals surface area contributed by atoms with Gasteiger partial charge in [-0.1, -0.05) is 102 Å². The molecule has 0 aromatic carbocycles. The van der Waals surface area contributed by atoms with E-state index in [-0.39, 0.29) is 12.5 Å². The van der Waals surface area contributed by atoms with Gasteiger partial charge in [-0.25, -0.2) is 0 Å². The van der Waals surface area contributed by atoms with Crippen molar-refractivity contribution < 1.29 is 15.0 Å². The fourth-order valence-electron chi connectivity index (χ4n) is 3.76. The number of amides is 1. The van der Waals surface area contributed by atoms with Gasteiger partial charge in [0, 0.05) is 6.42 Å². The molecule has 188 valence electrons. The SMILES string of the molecule is CCCCC/C=C\CCCCCCCC(=O)NC(CO)C(O)/C=C/CCCCCCCC. The highest BCUT2D eigenvalue weighted by Gasteiger charge is 2.17. The molecule has 1 amide bonds. The molecule has 0 aliphatic carbocycles. The van der Waals surface area contributed by atoms with E-state index in [1.807, 2.05) is 6.08 Å². The summed E-state index contributed by atoms with van der Waals surface area (Å²) < 4.78 is 0. The molecular formula is C28H53NO3. The van der Waals surface area contributed by atoms with E-state index in [1.165, 1.54) is 70.6 Å². The van der Waals surface area contributed by atoms with Crippen molar-refractivity contribution in [2.24, 2.45) is 0 Å². The third-order valence-electron chi connectivity index (χ3n) is 5.93. The van der Waals surface area contributed by atoms with Crippen molar-refractivity contribution in [1.29, 1.82) is 0 Å². The van der Waals surface area contributed by atoms with Gasteiger partial charge in [0.05, 0.1) is 18.8 Å².